The lowest BCUT2D eigenvalue weighted by Gasteiger charge is -2.25. The van der Waals surface area contributed by atoms with Crippen LogP contribution in [0.4, 0.5) is 11.4 Å². The molecule has 5 nitrogen and oxygen atoms in total. The molecule has 1 amide bonds. The van der Waals surface area contributed by atoms with Gasteiger partial charge >= 0.3 is 0 Å². The number of pyridine rings is 1. The Bertz CT molecular complexity index is 643. The van der Waals surface area contributed by atoms with Gasteiger partial charge in [0.1, 0.15) is 6.61 Å². The van der Waals surface area contributed by atoms with E-state index in [2.05, 4.69) is 10.3 Å². The summed E-state index contributed by atoms with van der Waals surface area (Å²) in [6.45, 7) is 3.86. The van der Waals surface area contributed by atoms with Crippen molar-refractivity contribution in [2.45, 2.75) is 6.92 Å². The monoisotopic (exact) mass is 283 g/mol. The van der Waals surface area contributed by atoms with Crippen LogP contribution in [0.1, 0.15) is 17.3 Å². The van der Waals surface area contributed by atoms with Crippen molar-refractivity contribution >= 4 is 17.3 Å². The highest BCUT2D eigenvalue weighted by molar-refractivity contribution is 6.09. The van der Waals surface area contributed by atoms with Gasteiger partial charge in [0.2, 0.25) is 0 Å². The summed E-state index contributed by atoms with van der Waals surface area (Å²) >= 11 is 0. The van der Waals surface area contributed by atoms with Crippen LogP contribution in [0.2, 0.25) is 0 Å². The van der Waals surface area contributed by atoms with Gasteiger partial charge in [-0.2, -0.15) is 0 Å². The molecule has 0 aliphatic carbocycles. The van der Waals surface area contributed by atoms with Crippen LogP contribution in [-0.4, -0.2) is 30.6 Å². The number of amides is 1. The molecular formula is C16H17N3O2. The summed E-state index contributed by atoms with van der Waals surface area (Å²) in [5.74, 6) is 0.575. The molecule has 0 spiro atoms. The predicted molar refractivity (Wildman–Crippen MR) is 82.0 cm³/mol. The molecule has 0 unspecified atom stereocenters. The van der Waals surface area contributed by atoms with Gasteiger partial charge in [-0.25, -0.2) is 0 Å². The Hall–Kier alpha value is -2.56. The number of benzene rings is 1. The quantitative estimate of drug-likeness (QED) is 0.940. The second-order valence-corrected chi connectivity index (χ2v) is 4.71. The second-order valence-electron chi connectivity index (χ2n) is 4.71. The van der Waals surface area contributed by atoms with Gasteiger partial charge in [0.05, 0.1) is 11.3 Å². The maximum absolute atomic E-state index is 12.8. The number of rotatable bonds is 3. The van der Waals surface area contributed by atoms with E-state index in [9.17, 15) is 4.79 Å². The van der Waals surface area contributed by atoms with Gasteiger partial charge < -0.3 is 15.0 Å². The van der Waals surface area contributed by atoms with Crippen LogP contribution in [0.25, 0.3) is 0 Å². The highest BCUT2D eigenvalue weighted by atomic mass is 16.5. The van der Waals surface area contributed by atoms with Crippen molar-refractivity contribution < 1.29 is 9.53 Å². The maximum atomic E-state index is 12.8. The molecule has 2 aromatic rings. The Balaban J connectivity index is 1.98. The van der Waals surface area contributed by atoms with Gasteiger partial charge in [-0.1, -0.05) is 6.07 Å². The van der Waals surface area contributed by atoms with Gasteiger partial charge in [-0.05, 0) is 31.2 Å². The van der Waals surface area contributed by atoms with Crippen LogP contribution in [-0.2, 0) is 0 Å². The molecule has 1 aliphatic heterocycles. The van der Waals surface area contributed by atoms with Crippen molar-refractivity contribution in [2.24, 2.45) is 0 Å². The third kappa shape index (κ3) is 2.54. The molecule has 0 bridgehead atoms. The Morgan fingerprint density at radius 2 is 2.14 bits per heavy atom. The standard InChI is InChI=1S/C16H17N3O2/c1-2-19(12-6-8-17-9-7-12)16(20)13-4-3-5-14-15(13)21-11-10-18-14/h3-9,18H,2,10-11H2,1H3. The number of hydrogen-bond donors (Lipinski definition) is 1. The molecule has 3 rings (SSSR count). The first kappa shape index (κ1) is 13.4. The first-order valence-corrected chi connectivity index (χ1v) is 7.03. The topological polar surface area (TPSA) is 54.5 Å². The summed E-state index contributed by atoms with van der Waals surface area (Å²) < 4.78 is 5.68. The number of fused-ring (bicyclic) bond motifs is 1. The highest BCUT2D eigenvalue weighted by Crippen LogP contribution is 2.32. The van der Waals surface area contributed by atoms with Crippen LogP contribution in [0.5, 0.6) is 5.75 Å². The fourth-order valence-corrected chi connectivity index (χ4v) is 2.45. The molecule has 5 heteroatoms. The molecule has 0 radical (unpaired) electrons. The number of carbonyl (C=O) groups excluding carboxylic acids is 1. The van der Waals surface area contributed by atoms with Crippen molar-refractivity contribution in [2.75, 3.05) is 29.9 Å². The highest BCUT2D eigenvalue weighted by Gasteiger charge is 2.23. The number of anilines is 2. The average Bonchev–Trinajstić information content (AvgIpc) is 2.56. The zero-order valence-electron chi connectivity index (χ0n) is 11.9. The smallest absolute Gasteiger partial charge is 0.262 e. The summed E-state index contributed by atoms with van der Waals surface area (Å²) in [6.07, 6.45) is 3.37. The number of carbonyl (C=O) groups is 1. The fraction of sp³-hybridized carbons (Fsp3) is 0.250. The molecule has 21 heavy (non-hydrogen) atoms. The zero-order valence-corrected chi connectivity index (χ0v) is 11.9. The lowest BCUT2D eigenvalue weighted by atomic mass is 10.1. The van der Waals surface area contributed by atoms with E-state index in [1.165, 1.54) is 0 Å². The normalized spacial score (nSPS) is 12.8. The van der Waals surface area contributed by atoms with Crippen LogP contribution < -0.4 is 15.0 Å². The average molecular weight is 283 g/mol. The molecule has 1 aliphatic rings. The van der Waals surface area contributed by atoms with E-state index in [4.69, 9.17) is 4.74 Å². The molecule has 1 aromatic carbocycles. The molecule has 0 saturated heterocycles. The number of para-hydroxylation sites is 1. The van der Waals surface area contributed by atoms with E-state index in [-0.39, 0.29) is 5.91 Å². The maximum Gasteiger partial charge on any atom is 0.262 e. The Labute approximate surface area is 123 Å². The first-order chi connectivity index (χ1) is 10.3. The summed E-state index contributed by atoms with van der Waals surface area (Å²) in [5.41, 5.74) is 2.29. The van der Waals surface area contributed by atoms with Crippen LogP contribution >= 0.6 is 0 Å². The largest absolute Gasteiger partial charge is 0.489 e. The van der Waals surface area contributed by atoms with Crippen molar-refractivity contribution in [1.82, 2.24) is 4.98 Å². The molecular weight excluding hydrogens is 266 g/mol. The van der Waals surface area contributed by atoms with Gasteiger partial charge in [0, 0.05) is 31.2 Å². The van der Waals surface area contributed by atoms with E-state index in [1.807, 2.05) is 31.2 Å². The molecule has 0 fully saturated rings. The zero-order chi connectivity index (χ0) is 14.7. The summed E-state index contributed by atoms with van der Waals surface area (Å²) in [7, 11) is 0. The molecule has 1 N–H and O–H groups in total. The van der Waals surface area contributed by atoms with Crippen molar-refractivity contribution in [1.29, 1.82) is 0 Å². The van der Waals surface area contributed by atoms with Gasteiger partial charge in [-0.15, -0.1) is 0 Å². The van der Waals surface area contributed by atoms with Crippen LogP contribution in [0.3, 0.4) is 0 Å². The van der Waals surface area contributed by atoms with Crippen molar-refractivity contribution in [3.8, 4) is 5.75 Å². The molecule has 0 saturated carbocycles. The van der Waals surface area contributed by atoms with E-state index in [1.54, 1.807) is 23.4 Å². The number of nitrogens with one attached hydrogen (secondary N) is 1. The van der Waals surface area contributed by atoms with Crippen molar-refractivity contribution in [3.05, 3.63) is 48.3 Å². The Morgan fingerprint density at radius 3 is 2.90 bits per heavy atom. The predicted octanol–water partition coefficient (Wildman–Crippen LogP) is 2.55. The summed E-state index contributed by atoms with van der Waals surface area (Å²) in [5, 5.41) is 3.25. The van der Waals surface area contributed by atoms with Crippen LogP contribution in [0.15, 0.2) is 42.7 Å². The molecule has 0 atom stereocenters. The third-order valence-electron chi connectivity index (χ3n) is 3.45. The minimum absolute atomic E-state index is 0.0655. The molecule has 2 heterocycles. The number of hydrogen-bond acceptors (Lipinski definition) is 4. The number of aromatic nitrogens is 1. The second kappa shape index (κ2) is 5.83. The summed E-state index contributed by atoms with van der Waals surface area (Å²) in [6, 6.07) is 9.26. The third-order valence-corrected chi connectivity index (χ3v) is 3.45. The minimum Gasteiger partial charge on any atom is -0.489 e. The van der Waals surface area contributed by atoms with Crippen LogP contribution in [0, 0.1) is 0 Å². The van der Waals surface area contributed by atoms with Gasteiger partial charge in [-0.3, -0.25) is 9.78 Å². The van der Waals surface area contributed by atoms with E-state index < -0.39 is 0 Å². The molecule has 1 aromatic heterocycles. The van der Waals surface area contributed by atoms with Gasteiger partial charge in [0.25, 0.3) is 5.91 Å². The minimum atomic E-state index is -0.0655. The lowest BCUT2D eigenvalue weighted by molar-refractivity contribution is 0.0984. The Kier molecular flexibility index (Phi) is 3.73. The SMILES string of the molecule is CCN(C(=O)c1cccc2c1OCCN2)c1ccncc1. The van der Waals surface area contributed by atoms with E-state index in [0.717, 1.165) is 17.9 Å². The van der Waals surface area contributed by atoms with Crippen molar-refractivity contribution in [3.63, 3.8) is 0 Å². The number of ether oxygens (including phenoxy) is 1. The lowest BCUT2D eigenvalue weighted by Crippen LogP contribution is -2.32. The van der Waals surface area contributed by atoms with E-state index in [0.29, 0.717) is 24.5 Å². The number of nitrogens with zero attached hydrogens (tertiary/aromatic N) is 2. The summed E-state index contributed by atoms with van der Waals surface area (Å²) in [4.78, 5) is 18.6. The first-order valence-electron chi connectivity index (χ1n) is 7.03. The van der Waals surface area contributed by atoms with E-state index >= 15 is 0 Å². The van der Waals surface area contributed by atoms with Gasteiger partial charge in [0.15, 0.2) is 5.75 Å². The fourth-order valence-electron chi connectivity index (χ4n) is 2.45. The Morgan fingerprint density at radius 1 is 1.33 bits per heavy atom. The molecule has 108 valence electrons.